The Morgan fingerprint density at radius 3 is 1.92 bits per heavy atom. The minimum Gasteiger partial charge on any atom is -0.385 e. The van der Waals surface area contributed by atoms with Gasteiger partial charge < -0.3 is 14.3 Å². The minimum absolute atomic E-state index is 0.361. The molecule has 0 aliphatic rings. The molecule has 0 saturated heterocycles. The van der Waals surface area contributed by atoms with Gasteiger partial charge in [-0.2, -0.15) is 0 Å². The van der Waals surface area contributed by atoms with Crippen molar-refractivity contribution in [3.05, 3.63) is 0 Å². The van der Waals surface area contributed by atoms with Gasteiger partial charge in [0.2, 0.25) is 6.29 Å². The second-order valence-corrected chi connectivity index (χ2v) is 2.86. The van der Waals surface area contributed by atoms with Gasteiger partial charge in [-0.15, -0.1) is 0 Å². The summed E-state index contributed by atoms with van der Waals surface area (Å²) in [5, 5.41) is 0. The largest absolute Gasteiger partial charge is 0.385 e. The van der Waals surface area contributed by atoms with E-state index in [0.29, 0.717) is 32.3 Å². The van der Waals surface area contributed by atoms with Crippen LogP contribution in [0.5, 0.6) is 0 Å². The quantitative estimate of drug-likeness (QED) is 0.406. The number of methoxy groups -OCH3 is 2. The molecule has 4 heteroatoms. The second kappa shape index (κ2) is 6.74. The van der Waals surface area contributed by atoms with Gasteiger partial charge in [0.25, 0.3) is 0 Å². The molecule has 0 N–H and O–H groups in total. The lowest BCUT2D eigenvalue weighted by atomic mass is 9.85. The SMILES string of the molecule is COCCC([C]=O)(C=O)CCOC. The molecule has 0 aromatic carbocycles. The molecule has 0 fully saturated rings. The molecule has 0 spiro atoms. The van der Waals surface area contributed by atoms with Gasteiger partial charge in [-0.1, -0.05) is 0 Å². The van der Waals surface area contributed by atoms with Gasteiger partial charge in [0.05, 0.1) is 5.41 Å². The predicted octanol–water partition coefficient (Wildman–Crippen LogP) is 0.354. The molecule has 13 heavy (non-hydrogen) atoms. The molecule has 0 bridgehead atoms. The van der Waals surface area contributed by atoms with E-state index >= 15 is 0 Å². The second-order valence-electron chi connectivity index (χ2n) is 2.86. The van der Waals surface area contributed by atoms with Gasteiger partial charge in [0.1, 0.15) is 6.29 Å². The first-order chi connectivity index (χ1) is 6.24. The smallest absolute Gasteiger partial charge is 0.212 e. The van der Waals surface area contributed by atoms with E-state index < -0.39 is 5.41 Å². The molecule has 75 valence electrons. The third-order valence-electron chi connectivity index (χ3n) is 1.93. The summed E-state index contributed by atoms with van der Waals surface area (Å²) in [5.74, 6) is 0. The molecule has 0 rings (SSSR count). The molecule has 0 saturated carbocycles. The Morgan fingerprint density at radius 1 is 1.23 bits per heavy atom. The predicted molar refractivity (Wildman–Crippen MR) is 47.2 cm³/mol. The lowest BCUT2D eigenvalue weighted by molar-refractivity contribution is -0.114. The van der Waals surface area contributed by atoms with Gasteiger partial charge in [-0.05, 0) is 12.8 Å². The van der Waals surface area contributed by atoms with Gasteiger partial charge in [-0.25, -0.2) is 0 Å². The lowest BCUT2D eigenvalue weighted by Gasteiger charge is -2.18. The highest BCUT2D eigenvalue weighted by Crippen LogP contribution is 2.21. The summed E-state index contributed by atoms with van der Waals surface area (Å²) in [6.07, 6.45) is 3.10. The molecule has 0 aliphatic carbocycles. The van der Waals surface area contributed by atoms with Crippen LogP contribution in [0.2, 0.25) is 0 Å². The van der Waals surface area contributed by atoms with Crippen LogP contribution in [0.3, 0.4) is 0 Å². The fourth-order valence-corrected chi connectivity index (χ4v) is 0.937. The molecule has 0 aromatic heterocycles. The fraction of sp³-hybridized carbons (Fsp3) is 0.778. The third kappa shape index (κ3) is 4.15. The van der Waals surface area contributed by atoms with Gasteiger partial charge in [-0.3, -0.25) is 4.79 Å². The van der Waals surface area contributed by atoms with Crippen molar-refractivity contribution in [3.8, 4) is 0 Å². The van der Waals surface area contributed by atoms with Gasteiger partial charge in [0.15, 0.2) is 0 Å². The highest BCUT2D eigenvalue weighted by molar-refractivity contribution is 5.83. The highest BCUT2D eigenvalue weighted by Gasteiger charge is 2.29. The van der Waals surface area contributed by atoms with Crippen LogP contribution in [0.4, 0.5) is 0 Å². The number of aldehydes is 1. The number of hydrogen-bond donors (Lipinski definition) is 0. The van der Waals surface area contributed by atoms with Crippen LogP contribution in [0.25, 0.3) is 0 Å². The van der Waals surface area contributed by atoms with Crippen LogP contribution < -0.4 is 0 Å². The van der Waals surface area contributed by atoms with Crippen LogP contribution in [0, 0.1) is 5.41 Å². The highest BCUT2D eigenvalue weighted by atomic mass is 16.5. The minimum atomic E-state index is -1.05. The first-order valence-electron chi connectivity index (χ1n) is 4.08. The molecule has 4 nitrogen and oxygen atoms in total. The van der Waals surface area contributed by atoms with E-state index in [1.807, 2.05) is 0 Å². The Bertz CT molecular complexity index is 138. The summed E-state index contributed by atoms with van der Waals surface area (Å²) in [6.45, 7) is 0.745. The Morgan fingerprint density at radius 2 is 1.69 bits per heavy atom. The van der Waals surface area contributed by atoms with Crippen molar-refractivity contribution < 1.29 is 19.1 Å². The molecule has 0 aliphatic heterocycles. The maximum atomic E-state index is 10.7. The number of ether oxygens (including phenoxy) is 2. The number of carbonyl (C=O) groups excluding carboxylic acids is 2. The Kier molecular flexibility index (Phi) is 6.36. The molecule has 0 atom stereocenters. The molecule has 0 heterocycles. The Balaban J connectivity index is 4.13. The molecule has 0 aromatic rings. The molecule has 1 radical (unpaired) electrons. The summed E-state index contributed by atoms with van der Waals surface area (Å²) >= 11 is 0. The summed E-state index contributed by atoms with van der Waals surface area (Å²) in [5.41, 5.74) is -1.05. The number of rotatable bonds is 8. The lowest BCUT2D eigenvalue weighted by Crippen LogP contribution is -2.27. The number of hydrogen-bond acceptors (Lipinski definition) is 4. The first kappa shape index (κ1) is 12.3. The summed E-state index contributed by atoms with van der Waals surface area (Å²) in [6, 6.07) is 0. The zero-order valence-corrected chi connectivity index (χ0v) is 8.04. The monoisotopic (exact) mass is 187 g/mol. The Hall–Kier alpha value is -0.740. The van der Waals surface area contributed by atoms with Crippen molar-refractivity contribution in [1.82, 2.24) is 0 Å². The van der Waals surface area contributed by atoms with Gasteiger partial charge >= 0.3 is 0 Å². The number of carbonyl (C=O) groups is 1. The van der Waals surface area contributed by atoms with Crippen molar-refractivity contribution in [3.63, 3.8) is 0 Å². The Labute approximate surface area is 78.2 Å². The maximum absolute atomic E-state index is 10.7. The van der Waals surface area contributed by atoms with E-state index in [1.54, 1.807) is 6.29 Å². The van der Waals surface area contributed by atoms with Crippen molar-refractivity contribution in [2.75, 3.05) is 27.4 Å². The molecular weight excluding hydrogens is 172 g/mol. The van der Waals surface area contributed by atoms with Crippen molar-refractivity contribution in [1.29, 1.82) is 0 Å². The molecule has 0 amide bonds. The van der Waals surface area contributed by atoms with E-state index in [9.17, 15) is 9.59 Å². The standard InChI is InChI=1S/C9H15O4/c1-12-5-3-9(7-10,8-11)4-6-13-2/h7H,3-6H2,1-2H3. The molecular formula is C9H15O4. The zero-order chi connectivity index (χ0) is 10.2. The van der Waals surface area contributed by atoms with Crippen LogP contribution in [0.1, 0.15) is 12.8 Å². The zero-order valence-electron chi connectivity index (χ0n) is 8.04. The fourth-order valence-electron chi connectivity index (χ4n) is 0.937. The average Bonchev–Trinajstić information content (AvgIpc) is 2.20. The van der Waals surface area contributed by atoms with Crippen LogP contribution >= 0.6 is 0 Å². The van der Waals surface area contributed by atoms with Crippen LogP contribution in [-0.2, 0) is 19.1 Å². The van der Waals surface area contributed by atoms with Crippen molar-refractivity contribution in [2.45, 2.75) is 12.8 Å². The van der Waals surface area contributed by atoms with E-state index in [1.165, 1.54) is 14.2 Å². The topological polar surface area (TPSA) is 52.6 Å². The summed E-state index contributed by atoms with van der Waals surface area (Å²) in [4.78, 5) is 21.3. The first-order valence-corrected chi connectivity index (χ1v) is 4.08. The van der Waals surface area contributed by atoms with E-state index in [4.69, 9.17) is 9.47 Å². The summed E-state index contributed by atoms with van der Waals surface area (Å²) in [7, 11) is 3.05. The van der Waals surface area contributed by atoms with Crippen molar-refractivity contribution >= 4 is 12.6 Å². The normalized spacial score (nSPS) is 11.2. The third-order valence-corrected chi connectivity index (χ3v) is 1.93. The van der Waals surface area contributed by atoms with Crippen molar-refractivity contribution in [2.24, 2.45) is 5.41 Å². The van der Waals surface area contributed by atoms with E-state index in [0.717, 1.165) is 0 Å². The average molecular weight is 187 g/mol. The summed E-state index contributed by atoms with van der Waals surface area (Å²) < 4.78 is 9.60. The maximum Gasteiger partial charge on any atom is 0.212 e. The van der Waals surface area contributed by atoms with Crippen LogP contribution in [0.15, 0.2) is 0 Å². The molecule has 0 unspecified atom stereocenters. The van der Waals surface area contributed by atoms with Gasteiger partial charge in [0, 0.05) is 27.4 Å². The van der Waals surface area contributed by atoms with Crippen LogP contribution in [-0.4, -0.2) is 40.0 Å². The van der Waals surface area contributed by atoms with E-state index in [2.05, 4.69) is 0 Å². The van der Waals surface area contributed by atoms with E-state index in [-0.39, 0.29) is 0 Å².